The topological polar surface area (TPSA) is 73.8 Å². The van der Waals surface area contributed by atoms with Gasteiger partial charge in [-0.05, 0) is 22.6 Å². The fourth-order valence-electron chi connectivity index (χ4n) is 1.57. The largest absolute Gasteiger partial charge is 0.286 e. The zero-order chi connectivity index (χ0) is 11.0. The normalized spacial score (nSPS) is 11.1. The van der Waals surface area contributed by atoms with Crippen molar-refractivity contribution >= 4 is 5.65 Å². The predicted molar refractivity (Wildman–Crippen MR) is 55.1 cm³/mol. The maximum Gasteiger partial charge on any atom is 0.200 e. The second kappa shape index (κ2) is 3.37. The lowest BCUT2D eigenvalue weighted by Gasteiger charge is -2.04. The van der Waals surface area contributed by atoms with Gasteiger partial charge in [-0.2, -0.15) is 0 Å². The predicted octanol–water partition coefficient (Wildman–Crippen LogP) is 0.267. The molecule has 0 spiro atoms. The molecule has 0 fully saturated rings. The number of tetrazole rings is 1. The third-order valence-corrected chi connectivity index (χ3v) is 2.34. The molecule has 0 aliphatic heterocycles. The molecule has 0 unspecified atom stereocenters. The average Bonchev–Trinajstić information content (AvgIpc) is 2.96. The first kappa shape index (κ1) is 8.96. The molecule has 0 saturated carbocycles. The van der Waals surface area contributed by atoms with Crippen LogP contribution in [0.3, 0.4) is 0 Å². The highest BCUT2D eigenvalue weighted by molar-refractivity contribution is 5.37. The van der Waals surface area contributed by atoms with E-state index in [1.54, 1.807) is 6.20 Å². The van der Waals surface area contributed by atoms with Crippen LogP contribution in [-0.4, -0.2) is 34.8 Å². The summed E-state index contributed by atoms with van der Waals surface area (Å²) in [6, 6.07) is 3.69. The van der Waals surface area contributed by atoms with Gasteiger partial charge >= 0.3 is 0 Å². The minimum Gasteiger partial charge on any atom is -0.286 e. The van der Waals surface area contributed by atoms with Gasteiger partial charge in [-0.3, -0.25) is 4.57 Å². The fraction of sp³-hybridized carbons (Fsp3) is 0.222. The zero-order valence-corrected chi connectivity index (χ0v) is 8.65. The Labute approximate surface area is 90.7 Å². The van der Waals surface area contributed by atoms with E-state index < -0.39 is 0 Å². The summed E-state index contributed by atoms with van der Waals surface area (Å²) in [5, 5.41) is 15.4. The zero-order valence-electron chi connectivity index (χ0n) is 8.65. The summed E-state index contributed by atoms with van der Waals surface area (Å²) >= 11 is 0. The van der Waals surface area contributed by atoms with E-state index >= 15 is 0 Å². The molecule has 16 heavy (non-hydrogen) atoms. The van der Waals surface area contributed by atoms with Gasteiger partial charge in [0.2, 0.25) is 0 Å². The molecular formula is C9H9N7. The monoisotopic (exact) mass is 215 g/mol. The number of aryl methyl sites for hydroxylation is 1. The second-order valence-corrected chi connectivity index (χ2v) is 3.29. The minimum absolute atomic E-state index is 0.627. The van der Waals surface area contributed by atoms with Crippen LogP contribution >= 0.6 is 0 Å². The van der Waals surface area contributed by atoms with E-state index in [2.05, 4.69) is 25.6 Å². The lowest BCUT2D eigenvalue weighted by molar-refractivity contribution is 0.711. The van der Waals surface area contributed by atoms with Gasteiger partial charge < -0.3 is 0 Å². The second-order valence-electron chi connectivity index (χ2n) is 3.29. The van der Waals surface area contributed by atoms with Crippen LogP contribution in [0.5, 0.6) is 0 Å². The summed E-state index contributed by atoms with van der Waals surface area (Å²) in [5.41, 5.74) is 0.627. The number of hydrogen-bond donors (Lipinski definition) is 0. The van der Waals surface area contributed by atoms with Gasteiger partial charge in [0.25, 0.3) is 0 Å². The minimum atomic E-state index is 0.627. The SMILES string of the molecule is CCc1nccn1-c1ccc2nnnn2n1. The number of imidazole rings is 1. The first-order chi connectivity index (χ1) is 7.88. The highest BCUT2D eigenvalue weighted by Crippen LogP contribution is 2.08. The number of rotatable bonds is 2. The molecule has 3 heterocycles. The van der Waals surface area contributed by atoms with E-state index in [-0.39, 0.29) is 0 Å². The standard InChI is InChI=1S/C9H9N7/c1-2-7-10-5-6-15(7)9-4-3-8-11-13-14-16(8)12-9/h3-6H,2H2,1H3. The van der Waals surface area contributed by atoms with E-state index in [9.17, 15) is 0 Å². The van der Waals surface area contributed by atoms with Crippen molar-refractivity contribution in [3.05, 3.63) is 30.4 Å². The lowest BCUT2D eigenvalue weighted by Crippen LogP contribution is -2.05. The van der Waals surface area contributed by atoms with E-state index in [1.807, 2.05) is 29.8 Å². The van der Waals surface area contributed by atoms with Crippen molar-refractivity contribution in [2.24, 2.45) is 0 Å². The van der Waals surface area contributed by atoms with Crippen molar-refractivity contribution in [3.63, 3.8) is 0 Å². The number of nitrogens with zero attached hydrogens (tertiary/aromatic N) is 7. The Morgan fingerprint density at radius 3 is 3.12 bits per heavy atom. The van der Waals surface area contributed by atoms with Crippen molar-refractivity contribution in [1.29, 1.82) is 0 Å². The quantitative estimate of drug-likeness (QED) is 0.613. The first-order valence-electron chi connectivity index (χ1n) is 4.96. The van der Waals surface area contributed by atoms with Crippen LogP contribution in [0.15, 0.2) is 24.5 Å². The summed E-state index contributed by atoms with van der Waals surface area (Å²) in [6.07, 6.45) is 4.48. The molecule has 7 heteroatoms. The van der Waals surface area contributed by atoms with E-state index in [0.29, 0.717) is 5.65 Å². The molecule has 0 amide bonds. The van der Waals surface area contributed by atoms with E-state index in [0.717, 1.165) is 18.1 Å². The van der Waals surface area contributed by atoms with Gasteiger partial charge in [-0.15, -0.1) is 14.8 Å². The van der Waals surface area contributed by atoms with E-state index in [1.165, 1.54) is 4.63 Å². The van der Waals surface area contributed by atoms with Gasteiger partial charge in [0.05, 0.1) is 0 Å². The molecule has 3 aromatic heterocycles. The van der Waals surface area contributed by atoms with Crippen LogP contribution in [0, 0.1) is 0 Å². The summed E-state index contributed by atoms with van der Waals surface area (Å²) in [7, 11) is 0. The van der Waals surface area contributed by atoms with Crippen LogP contribution in [-0.2, 0) is 6.42 Å². The Hall–Kier alpha value is -2.31. The molecule has 80 valence electrons. The van der Waals surface area contributed by atoms with Gasteiger partial charge in [0.15, 0.2) is 11.5 Å². The maximum absolute atomic E-state index is 4.29. The highest BCUT2D eigenvalue weighted by atomic mass is 15.6. The Morgan fingerprint density at radius 1 is 1.31 bits per heavy atom. The average molecular weight is 215 g/mol. The molecule has 0 saturated heterocycles. The van der Waals surface area contributed by atoms with Gasteiger partial charge in [0.1, 0.15) is 5.82 Å². The molecule has 0 aromatic carbocycles. The Kier molecular flexibility index (Phi) is 1.89. The Morgan fingerprint density at radius 2 is 2.25 bits per heavy atom. The lowest BCUT2D eigenvalue weighted by atomic mass is 10.4. The van der Waals surface area contributed by atoms with Crippen LogP contribution in [0.2, 0.25) is 0 Å². The van der Waals surface area contributed by atoms with E-state index in [4.69, 9.17) is 0 Å². The van der Waals surface area contributed by atoms with Crippen molar-refractivity contribution in [1.82, 2.24) is 34.8 Å². The molecular weight excluding hydrogens is 206 g/mol. The van der Waals surface area contributed by atoms with Crippen molar-refractivity contribution in [2.45, 2.75) is 13.3 Å². The molecule has 3 rings (SSSR count). The van der Waals surface area contributed by atoms with Crippen LogP contribution in [0.4, 0.5) is 0 Å². The molecule has 7 nitrogen and oxygen atoms in total. The van der Waals surface area contributed by atoms with Crippen LogP contribution in [0.1, 0.15) is 12.7 Å². The third-order valence-electron chi connectivity index (χ3n) is 2.34. The van der Waals surface area contributed by atoms with Crippen LogP contribution < -0.4 is 0 Å². The Balaban J connectivity index is 2.18. The summed E-state index contributed by atoms with van der Waals surface area (Å²) < 4.78 is 3.32. The van der Waals surface area contributed by atoms with Crippen molar-refractivity contribution in [3.8, 4) is 5.82 Å². The van der Waals surface area contributed by atoms with Gasteiger partial charge in [-0.1, -0.05) is 6.92 Å². The maximum atomic E-state index is 4.29. The number of hydrogen-bond acceptors (Lipinski definition) is 5. The van der Waals surface area contributed by atoms with Crippen molar-refractivity contribution < 1.29 is 0 Å². The van der Waals surface area contributed by atoms with Gasteiger partial charge in [-0.25, -0.2) is 4.98 Å². The fourth-order valence-corrected chi connectivity index (χ4v) is 1.57. The Bertz CT molecular complexity index is 623. The highest BCUT2D eigenvalue weighted by Gasteiger charge is 2.06. The molecule has 0 N–H and O–H groups in total. The first-order valence-corrected chi connectivity index (χ1v) is 4.96. The van der Waals surface area contributed by atoms with Crippen LogP contribution in [0.25, 0.3) is 11.5 Å². The number of fused-ring (bicyclic) bond motifs is 1. The number of aromatic nitrogens is 7. The molecule has 0 aliphatic carbocycles. The summed E-state index contributed by atoms with van der Waals surface area (Å²) in [4.78, 5) is 4.24. The summed E-state index contributed by atoms with van der Waals surface area (Å²) in [5.74, 6) is 1.72. The molecule has 0 atom stereocenters. The smallest absolute Gasteiger partial charge is 0.200 e. The molecule has 0 aliphatic rings. The molecule has 0 bridgehead atoms. The van der Waals surface area contributed by atoms with Crippen molar-refractivity contribution in [2.75, 3.05) is 0 Å². The van der Waals surface area contributed by atoms with Gasteiger partial charge in [0, 0.05) is 18.8 Å². The summed E-state index contributed by atoms with van der Waals surface area (Å²) in [6.45, 7) is 2.05. The molecule has 3 aromatic rings. The molecule has 0 radical (unpaired) electrons. The third kappa shape index (κ3) is 1.25.